The van der Waals surface area contributed by atoms with Gasteiger partial charge in [0, 0.05) is 0 Å². The van der Waals surface area contributed by atoms with Crippen molar-refractivity contribution >= 4 is 0 Å². The Morgan fingerprint density at radius 1 is 1.09 bits per heavy atom. The summed E-state index contributed by atoms with van der Waals surface area (Å²) in [6, 6.07) is 9.57. The fourth-order valence-corrected chi connectivity index (χ4v) is 2.54. The minimum absolute atomic E-state index is 0.272. The number of hydrogen-bond acceptors (Lipinski definition) is 6. The molecule has 0 bridgehead atoms. The summed E-state index contributed by atoms with van der Waals surface area (Å²) in [5.74, 6) is -0.908. The summed E-state index contributed by atoms with van der Waals surface area (Å²) in [4.78, 5) is 0. The number of ether oxygens (including phenoxy) is 3. The van der Waals surface area contributed by atoms with E-state index in [0.717, 1.165) is 5.56 Å². The van der Waals surface area contributed by atoms with Crippen molar-refractivity contribution in [3.63, 3.8) is 0 Å². The van der Waals surface area contributed by atoms with Gasteiger partial charge < -0.3 is 29.5 Å². The van der Waals surface area contributed by atoms with Gasteiger partial charge in [-0.1, -0.05) is 30.3 Å². The first-order valence-electron chi connectivity index (χ1n) is 7.38. The van der Waals surface area contributed by atoms with Crippen molar-refractivity contribution in [2.24, 2.45) is 0 Å². The fraction of sp³-hybridized carbons (Fsp3) is 0.625. The first kappa shape index (κ1) is 17.3. The molecule has 0 spiro atoms. The average molecular weight is 312 g/mol. The Balaban J connectivity index is 2.04. The third kappa shape index (κ3) is 4.25. The monoisotopic (exact) mass is 312 g/mol. The van der Waals surface area contributed by atoms with E-state index in [4.69, 9.17) is 19.3 Å². The van der Waals surface area contributed by atoms with Crippen LogP contribution in [0.25, 0.3) is 0 Å². The maximum absolute atomic E-state index is 9.90. The number of aliphatic hydroxyl groups is 3. The molecular formula is C16H24O6. The Morgan fingerprint density at radius 3 is 2.32 bits per heavy atom. The molecule has 1 aliphatic heterocycles. The quantitative estimate of drug-likeness (QED) is 0.677. The van der Waals surface area contributed by atoms with Crippen LogP contribution < -0.4 is 0 Å². The molecule has 0 aliphatic carbocycles. The molecule has 1 fully saturated rings. The zero-order valence-electron chi connectivity index (χ0n) is 12.9. The van der Waals surface area contributed by atoms with E-state index in [1.54, 1.807) is 13.8 Å². The van der Waals surface area contributed by atoms with E-state index in [2.05, 4.69) is 0 Å². The van der Waals surface area contributed by atoms with Gasteiger partial charge in [0.05, 0.1) is 19.8 Å². The third-order valence-electron chi connectivity index (χ3n) is 3.58. The Hall–Kier alpha value is -1.02. The minimum atomic E-state index is -1.10. The predicted octanol–water partition coefficient (Wildman–Crippen LogP) is 0.437. The van der Waals surface area contributed by atoms with Gasteiger partial charge in [0.2, 0.25) is 0 Å². The third-order valence-corrected chi connectivity index (χ3v) is 3.58. The molecule has 3 N–H and O–H groups in total. The molecule has 0 saturated carbocycles. The molecule has 1 aliphatic rings. The molecular weight excluding hydrogens is 288 g/mol. The SMILES string of the molecule is CC1(C)OC(C(O)CO)C(C(CO)OCc2ccccc2)O1. The lowest BCUT2D eigenvalue weighted by atomic mass is 10.0. The Bertz CT molecular complexity index is 449. The van der Waals surface area contributed by atoms with Gasteiger partial charge in [0.15, 0.2) is 5.79 Å². The zero-order valence-corrected chi connectivity index (χ0v) is 12.9. The van der Waals surface area contributed by atoms with Gasteiger partial charge in [-0.25, -0.2) is 0 Å². The lowest BCUT2D eigenvalue weighted by Crippen LogP contribution is -2.46. The molecule has 1 aromatic carbocycles. The van der Waals surface area contributed by atoms with Crippen LogP contribution in [-0.4, -0.2) is 58.7 Å². The van der Waals surface area contributed by atoms with Gasteiger partial charge in [-0.3, -0.25) is 0 Å². The number of benzene rings is 1. The van der Waals surface area contributed by atoms with Crippen molar-refractivity contribution in [3.05, 3.63) is 35.9 Å². The summed E-state index contributed by atoms with van der Waals surface area (Å²) in [6.07, 6.45) is -3.17. The zero-order chi connectivity index (χ0) is 16.2. The van der Waals surface area contributed by atoms with E-state index >= 15 is 0 Å². The van der Waals surface area contributed by atoms with Crippen LogP contribution in [0, 0.1) is 0 Å². The van der Waals surface area contributed by atoms with Crippen LogP contribution in [0.5, 0.6) is 0 Å². The van der Waals surface area contributed by atoms with Crippen LogP contribution in [0.15, 0.2) is 30.3 Å². The van der Waals surface area contributed by atoms with Gasteiger partial charge in [0.25, 0.3) is 0 Å². The van der Waals surface area contributed by atoms with Crippen molar-refractivity contribution in [1.29, 1.82) is 0 Å². The van der Waals surface area contributed by atoms with E-state index in [0.29, 0.717) is 6.61 Å². The molecule has 1 aromatic rings. The van der Waals surface area contributed by atoms with Crippen LogP contribution in [0.2, 0.25) is 0 Å². The second kappa shape index (κ2) is 7.50. The van der Waals surface area contributed by atoms with E-state index in [9.17, 15) is 10.2 Å². The molecule has 2 rings (SSSR count). The van der Waals surface area contributed by atoms with Crippen molar-refractivity contribution in [3.8, 4) is 0 Å². The van der Waals surface area contributed by atoms with Crippen molar-refractivity contribution < 1.29 is 29.5 Å². The van der Waals surface area contributed by atoms with Crippen LogP contribution in [0.4, 0.5) is 0 Å². The van der Waals surface area contributed by atoms with E-state index in [1.807, 2.05) is 30.3 Å². The molecule has 4 atom stereocenters. The molecule has 1 heterocycles. The highest BCUT2D eigenvalue weighted by atomic mass is 16.8. The number of aliphatic hydroxyl groups excluding tert-OH is 3. The Labute approximate surface area is 130 Å². The number of rotatable bonds is 7. The summed E-state index contributed by atoms with van der Waals surface area (Å²) in [6.45, 7) is 3.03. The molecule has 0 aromatic heterocycles. The molecule has 0 amide bonds. The summed E-state index contributed by atoms with van der Waals surface area (Å²) in [5.41, 5.74) is 0.971. The Morgan fingerprint density at radius 2 is 1.73 bits per heavy atom. The van der Waals surface area contributed by atoms with Gasteiger partial charge in [0.1, 0.15) is 24.4 Å². The van der Waals surface area contributed by atoms with Crippen molar-refractivity contribution in [1.82, 2.24) is 0 Å². The normalized spacial score (nSPS) is 26.8. The van der Waals surface area contributed by atoms with Crippen molar-refractivity contribution in [2.75, 3.05) is 13.2 Å². The first-order valence-corrected chi connectivity index (χ1v) is 7.38. The van der Waals surface area contributed by atoms with E-state index in [-0.39, 0.29) is 6.61 Å². The Kier molecular flexibility index (Phi) is 5.91. The van der Waals surface area contributed by atoms with E-state index < -0.39 is 36.8 Å². The molecule has 22 heavy (non-hydrogen) atoms. The summed E-state index contributed by atoms with van der Waals surface area (Å²) in [5, 5.41) is 28.7. The largest absolute Gasteiger partial charge is 0.394 e. The topological polar surface area (TPSA) is 88.4 Å². The maximum atomic E-state index is 9.90. The average Bonchev–Trinajstić information content (AvgIpc) is 2.84. The highest BCUT2D eigenvalue weighted by molar-refractivity contribution is 5.13. The van der Waals surface area contributed by atoms with Crippen molar-refractivity contribution in [2.45, 2.75) is 50.7 Å². The van der Waals surface area contributed by atoms with Crippen LogP contribution >= 0.6 is 0 Å². The predicted molar refractivity (Wildman–Crippen MR) is 79.0 cm³/mol. The highest BCUT2D eigenvalue weighted by Crippen LogP contribution is 2.32. The van der Waals surface area contributed by atoms with Gasteiger partial charge in [-0.2, -0.15) is 0 Å². The van der Waals surface area contributed by atoms with Gasteiger partial charge in [-0.05, 0) is 19.4 Å². The lowest BCUT2D eigenvalue weighted by Gasteiger charge is -2.27. The van der Waals surface area contributed by atoms with E-state index in [1.165, 1.54) is 0 Å². The second-order valence-electron chi connectivity index (χ2n) is 5.83. The first-order chi connectivity index (χ1) is 10.5. The maximum Gasteiger partial charge on any atom is 0.164 e. The van der Waals surface area contributed by atoms with Gasteiger partial charge >= 0.3 is 0 Å². The molecule has 6 heteroatoms. The fourth-order valence-electron chi connectivity index (χ4n) is 2.54. The molecule has 6 nitrogen and oxygen atoms in total. The van der Waals surface area contributed by atoms with Gasteiger partial charge in [-0.15, -0.1) is 0 Å². The summed E-state index contributed by atoms with van der Waals surface area (Å²) >= 11 is 0. The molecule has 0 radical (unpaired) electrons. The summed E-state index contributed by atoms with van der Waals surface area (Å²) in [7, 11) is 0. The smallest absolute Gasteiger partial charge is 0.164 e. The standard InChI is InChI=1S/C16H24O6/c1-16(2)21-14(12(19)8-17)15(22-16)13(9-18)20-10-11-6-4-3-5-7-11/h3-7,12-15,17-19H,8-10H2,1-2H3. The second-order valence-corrected chi connectivity index (χ2v) is 5.83. The highest BCUT2D eigenvalue weighted by Gasteiger charge is 2.48. The molecule has 1 saturated heterocycles. The summed E-state index contributed by atoms with van der Waals surface area (Å²) < 4.78 is 17.1. The lowest BCUT2D eigenvalue weighted by molar-refractivity contribution is -0.167. The van der Waals surface area contributed by atoms with Crippen LogP contribution in [0.1, 0.15) is 19.4 Å². The molecule has 4 unspecified atom stereocenters. The number of hydrogen-bond donors (Lipinski definition) is 3. The molecule has 124 valence electrons. The van der Waals surface area contributed by atoms with Crippen LogP contribution in [0.3, 0.4) is 0 Å². The minimum Gasteiger partial charge on any atom is -0.394 e. The van der Waals surface area contributed by atoms with Crippen LogP contribution in [-0.2, 0) is 20.8 Å².